The molecule has 2 N–H and O–H groups in total. The number of nitrogens with one attached hydrogen (secondary N) is 1. The molecule has 0 spiro atoms. The molecule has 0 saturated carbocycles. The molecule has 4 heteroatoms. The van der Waals surface area contributed by atoms with Gasteiger partial charge in [0.15, 0.2) is 11.5 Å². The zero-order chi connectivity index (χ0) is 13.7. The summed E-state index contributed by atoms with van der Waals surface area (Å²) in [5.74, 6) is 0.893. The van der Waals surface area contributed by atoms with Crippen LogP contribution >= 0.6 is 0 Å². The number of phenols is 1. The highest BCUT2D eigenvalue weighted by Gasteiger charge is 2.13. The van der Waals surface area contributed by atoms with Crippen molar-refractivity contribution < 1.29 is 9.84 Å². The maximum absolute atomic E-state index is 10.2. The van der Waals surface area contributed by atoms with E-state index in [1.165, 1.54) is 5.56 Å². The Kier molecular flexibility index (Phi) is 5.05. The minimum atomic E-state index is 0.301. The lowest BCUT2D eigenvalue weighted by Crippen LogP contribution is -2.44. The quantitative estimate of drug-likeness (QED) is 0.844. The molecule has 1 aliphatic rings. The maximum Gasteiger partial charge on any atom is 0.161 e. The summed E-state index contributed by atoms with van der Waals surface area (Å²) < 4.78 is 5.25. The summed E-state index contributed by atoms with van der Waals surface area (Å²) >= 11 is 0. The zero-order valence-electron chi connectivity index (χ0n) is 11.9. The van der Waals surface area contributed by atoms with E-state index in [1.807, 2.05) is 6.07 Å². The zero-order valence-corrected chi connectivity index (χ0v) is 11.9. The van der Waals surface area contributed by atoms with Crippen LogP contribution in [-0.4, -0.2) is 49.8 Å². The van der Waals surface area contributed by atoms with Crippen molar-refractivity contribution in [3.05, 3.63) is 23.3 Å². The average Bonchev–Trinajstić information content (AvgIpc) is 2.47. The number of piperazine rings is 1. The number of aryl methyl sites for hydroxylation is 1. The Morgan fingerprint density at radius 2 is 2.05 bits per heavy atom. The van der Waals surface area contributed by atoms with Crippen LogP contribution in [0.4, 0.5) is 0 Å². The number of ether oxygens (including phenoxy) is 1. The van der Waals surface area contributed by atoms with Gasteiger partial charge in [0.25, 0.3) is 0 Å². The standard InChI is InChI=1S/C15H24N2O2/c1-3-12-10-13(15(18)14(11-12)19-2)4-7-17-8-5-16-6-9-17/h10-11,16,18H,3-9H2,1-2H3. The van der Waals surface area contributed by atoms with Crippen LogP contribution in [-0.2, 0) is 12.8 Å². The molecule has 0 amide bonds. The molecule has 19 heavy (non-hydrogen) atoms. The van der Waals surface area contributed by atoms with Crippen molar-refractivity contribution in [2.75, 3.05) is 39.8 Å². The molecule has 0 aliphatic carbocycles. The largest absolute Gasteiger partial charge is 0.504 e. The highest BCUT2D eigenvalue weighted by Crippen LogP contribution is 2.32. The van der Waals surface area contributed by atoms with Crippen molar-refractivity contribution >= 4 is 0 Å². The smallest absolute Gasteiger partial charge is 0.161 e. The minimum Gasteiger partial charge on any atom is -0.504 e. The monoisotopic (exact) mass is 264 g/mol. The third kappa shape index (κ3) is 3.61. The van der Waals surface area contributed by atoms with Crippen LogP contribution in [0.15, 0.2) is 12.1 Å². The topological polar surface area (TPSA) is 44.7 Å². The fourth-order valence-electron chi connectivity index (χ4n) is 2.49. The van der Waals surface area contributed by atoms with E-state index in [4.69, 9.17) is 4.74 Å². The molecular weight excluding hydrogens is 240 g/mol. The molecule has 1 aromatic rings. The number of methoxy groups -OCH3 is 1. The number of benzene rings is 1. The van der Waals surface area contributed by atoms with Gasteiger partial charge in [-0.25, -0.2) is 0 Å². The molecule has 1 fully saturated rings. The second-order valence-corrected chi connectivity index (χ2v) is 5.00. The van der Waals surface area contributed by atoms with Crippen molar-refractivity contribution in [1.29, 1.82) is 0 Å². The third-order valence-electron chi connectivity index (χ3n) is 3.75. The SMILES string of the molecule is CCc1cc(CCN2CCNCC2)c(O)c(OC)c1. The first kappa shape index (κ1) is 14.2. The van der Waals surface area contributed by atoms with Crippen molar-refractivity contribution in [3.8, 4) is 11.5 Å². The first-order valence-electron chi connectivity index (χ1n) is 7.06. The first-order valence-corrected chi connectivity index (χ1v) is 7.06. The van der Waals surface area contributed by atoms with Crippen molar-refractivity contribution in [2.45, 2.75) is 19.8 Å². The third-order valence-corrected chi connectivity index (χ3v) is 3.75. The second kappa shape index (κ2) is 6.78. The Bertz CT molecular complexity index is 415. The maximum atomic E-state index is 10.2. The van der Waals surface area contributed by atoms with Gasteiger partial charge in [0.2, 0.25) is 0 Å². The predicted molar refractivity (Wildman–Crippen MR) is 77.1 cm³/mol. The lowest BCUT2D eigenvalue weighted by atomic mass is 10.0. The van der Waals surface area contributed by atoms with E-state index in [0.717, 1.165) is 51.1 Å². The Morgan fingerprint density at radius 1 is 1.32 bits per heavy atom. The fourth-order valence-corrected chi connectivity index (χ4v) is 2.49. The summed E-state index contributed by atoms with van der Waals surface area (Å²) in [5.41, 5.74) is 2.21. The van der Waals surface area contributed by atoms with E-state index in [2.05, 4.69) is 23.2 Å². The summed E-state index contributed by atoms with van der Waals surface area (Å²) in [4.78, 5) is 2.43. The number of phenolic OH excluding ortho intramolecular Hbond substituents is 1. The molecule has 0 atom stereocenters. The van der Waals surface area contributed by atoms with Gasteiger partial charge in [-0.05, 0) is 30.0 Å². The van der Waals surface area contributed by atoms with E-state index in [-0.39, 0.29) is 0 Å². The molecule has 1 saturated heterocycles. The molecule has 0 radical (unpaired) electrons. The van der Waals surface area contributed by atoms with Gasteiger partial charge in [-0.1, -0.05) is 13.0 Å². The molecule has 1 aromatic carbocycles. The Balaban J connectivity index is 2.05. The van der Waals surface area contributed by atoms with E-state index >= 15 is 0 Å². The number of rotatable bonds is 5. The van der Waals surface area contributed by atoms with Gasteiger partial charge >= 0.3 is 0 Å². The number of nitrogens with zero attached hydrogens (tertiary/aromatic N) is 1. The van der Waals surface area contributed by atoms with Gasteiger partial charge in [0.05, 0.1) is 7.11 Å². The molecule has 1 heterocycles. The van der Waals surface area contributed by atoms with Crippen LogP contribution in [0.3, 0.4) is 0 Å². The Labute approximate surface area is 115 Å². The molecular formula is C15H24N2O2. The van der Waals surface area contributed by atoms with Gasteiger partial charge in [0, 0.05) is 32.7 Å². The summed E-state index contributed by atoms with van der Waals surface area (Å²) in [6.07, 6.45) is 1.83. The normalized spacial score (nSPS) is 16.5. The van der Waals surface area contributed by atoms with Crippen molar-refractivity contribution in [1.82, 2.24) is 10.2 Å². The van der Waals surface area contributed by atoms with E-state index in [1.54, 1.807) is 7.11 Å². The van der Waals surface area contributed by atoms with Crippen molar-refractivity contribution in [3.63, 3.8) is 0 Å². The summed E-state index contributed by atoms with van der Waals surface area (Å²) in [5, 5.41) is 13.5. The van der Waals surface area contributed by atoms with Gasteiger partial charge in [-0.2, -0.15) is 0 Å². The highest BCUT2D eigenvalue weighted by molar-refractivity contribution is 5.48. The van der Waals surface area contributed by atoms with Crippen molar-refractivity contribution in [2.24, 2.45) is 0 Å². The number of hydrogen-bond donors (Lipinski definition) is 2. The van der Waals surface area contributed by atoms with Crippen LogP contribution in [0.25, 0.3) is 0 Å². The van der Waals surface area contributed by atoms with Crippen LogP contribution in [0, 0.1) is 0 Å². The number of hydrogen-bond acceptors (Lipinski definition) is 4. The summed E-state index contributed by atoms with van der Waals surface area (Å²) in [7, 11) is 1.61. The lowest BCUT2D eigenvalue weighted by Gasteiger charge is -2.27. The van der Waals surface area contributed by atoms with Crippen LogP contribution in [0.1, 0.15) is 18.1 Å². The van der Waals surface area contributed by atoms with Gasteiger partial charge in [-0.3, -0.25) is 0 Å². The second-order valence-electron chi connectivity index (χ2n) is 5.00. The molecule has 0 aromatic heterocycles. The van der Waals surface area contributed by atoms with Gasteiger partial charge in [0.1, 0.15) is 0 Å². The minimum absolute atomic E-state index is 0.301. The van der Waals surface area contributed by atoms with E-state index in [9.17, 15) is 5.11 Å². The van der Waals surface area contributed by atoms with Crippen LogP contribution in [0.5, 0.6) is 11.5 Å². The lowest BCUT2D eigenvalue weighted by molar-refractivity contribution is 0.243. The Morgan fingerprint density at radius 3 is 2.68 bits per heavy atom. The highest BCUT2D eigenvalue weighted by atomic mass is 16.5. The van der Waals surface area contributed by atoms with Gasteiger partial charge < -0.3 is 20.1 Å². The summed E-state index contributed by atoms with van der Waals surface area (Å²) in [6, 6.07) is 4.02. The van der Waals surface area contributed by atoms with Gasteiger partial charge in [-0.15, -0.1) is 0 Å². The number of aromatic hydroxyl groups is 1. The molecule has 0 bridgehead atoms. The Hall–Kier alpha value is -1.26. The molecule has 106 valence electrons. The molecule has 1 aliphatic heterocycles. The van der Waals surface area contributed by atoms with Crippen LogP contribution < -0.4 is 10.1 Å². The van der Waals surface area contributed by atoms with Crippen LogP contribution in [0.2, 0.25) is 0 Å². The molecule has 2 rings (SSSR count). The molecule has 4 nitrogen and oxygen atoms in total. The predicted octanol–water partition coefficient (Wildman–Crippen LogP) is 1.41. The fraction of sp³-hybridized carbons (Fsp3) is 0.600. The summed E-state index contributed by atoms with van der Waals surface area (Å²) in [6.45, 7) is 7.41. The average molecular weight is 264 g/mol. The molecule has 0 unspecified atom stereocenters. The van der Waals surface area contributed by atoms with E-state index < -0.39 is 0 Å². The first-order chi connectivity index (χ1) is 9.24. The van der Waals surface area contributed by atoms with E-state index in [0.29, 0.717) is 11.5 Å².